The van der Waals surface area contributed by atoms with E-state index in [4.69, 9.17) is 0 Å². The highest BCUT2D eigenvalue weighted by Crippen LogP contribution is 2.22. The molecule has 6 nitrogen and oxygen atoms in total. The van der Waals surface area contributed by atoms with Crippen molar-refractivity contribution < 1.29 is 13.2 Å². The maximum Gasteiger partial charge on any atom is 0.261 e. The topological polar surface area (TPSA) is 78.5 Å². The molecule has 0 radical (unpaired) electrons. The Balaban J connectivity index is 2.11. The van der Waals surface area contributed by atoms with E-state index in [9.17, 15) is 13.2 Å². The molecule has 0 atom stereocenters. The molecule has 0 spiro atoms. The average Bonchev–Trinajstić information content (AvgIpc) is 2.58. The Morgan fingerprint density at radius 3 is 2.31 bits per heavy atom. The number of carbonyl (C=O) groups is 1. The van der Waals surface area contributed by atoms with Crippen molar-refractivity contribution in [1.29, 1.82) is 0 Å². The second-order valence-corrected chi connectivity index (χ2v) is 8.12. The van der Waals surface area contributed by atoms with Crippen molar-refractivity contribution in [3.05, 3.63) is 59.2 Å². The number of amides is 1. The molecule has 2 rings (SSSR count). The Morgan fingerprint density at radius 2 is 1.69 bits per heavy atom. The maximum atomic E-state index is 12.6. The molecule has 0 aliphatic rings. The van der Waals surface area contributed by atoms with Crippen molar-refractivity contribution in [3.8, 4) is 0 Å². The Morgan fingerprint density at radius 1 is 1.04 bits per heavy atom. The number of anilines is 1. The number of sulfonamides is 1. The summed E-state index contributed by atoms with van der Waals surface area (Å²) in [5, 5.41) is 2.80. The molecule has 0 heterocycles. The van der Waals surface area contributed by atoms with Crippen LogP contribution in [-0.4, -0.2) is 46.4 Å². The van der Waals surface area contributed by atoms with Gasteiger partial charge in [0.2, 0.25) is 0 Å². The molecule has 2 N–H and O–H groups in total. The lowest BCUT2D eigenvalue weighted by Crippen LogP contribution is -2.31. The monoisotopic (exact) mass is 375 g/mol. The summed E-state index contributed by atoms with van der Waals surface area (Å²) >= 11 is 0. The zero-order valence-corrected chi connectivity index (χ0v) is 16.4. The van der Waals surface area contributed by atoms with Gasteiger partial charge in [0.1, 0.15) is 0 Å². The van der Waals surface area contributed by atoms with Crippen molar-refractivity contribution in [3.63, 3.8) is 0 Å². The molecule has 1 amide bonds. The summed E-state index contributed by atoms with van der Waals surface area (Å²) in [5.74, 6) is -0.224. The van der Waals surface area contributed by atoms with E-state index >= 15 is 0 Å². The van der Waals surface area contributed by atoms with Gasteiger partial charge in [0, 0.05) is 18.7 Å². The molecule has 0 unspecified atom stereocenters. The van der Waals surface area contributed by atoms with Crippen LogP contribution in [0, 0.1) is 13.8 Å². The van der Waals surface area contributed by atoms with Crippen LogP contribution in [0.25, 0.3) is 0 Å². The highest BCUT2D eigenvalue weighted by Gasteiger charge is 2.16. The number of hydrogen-bond acceptors (Lipinski definition) is 4. The van der Waals surface area contributed by atoms with Crippen molar-refractivity contribution in [2.75, 3.05) is 31.9 Å². The Hall–Kier alpha value is -2.38. The molecular weight excluding hydrogens is 350 g/mol. The van der Waals surface area contributed by atoms with Gasteiger partial charge in [0.15, 0.2) is 0 Å². The van der Waals surface area contributed by atoms with Crippen LogP contribution >= 0.6 is 0 Å². The van der Waals surface area contributed by atoms with Gasteiger partial charge in [-0.25, -0.2) is 8.42 Å². The maximum absolute atomic E-state index is 12.6. The number of carbonyl (C=O) groups excluding carboxylic acids is 1. The first-order chi connectivity index (χ1) is 12.2. The number of benzene rings is 2. The van der Waals surface area contributed by atoms with Crippen LogP contribution in [0.1, 0.15) is 21.5 Å². The summed E-state index contributed by atoms with van der Waals surface area (Å²) in [6.07, 6.45) is 0. The number of aryl methyl sites for hydroxylation is 1. The summed E-state index contributed by atoms with van der Waals surface area (Å²) in [5.41, 5.74) is 2.87. The summed E-state index contributed by atoms with van der Waals surface area (Å²) < 4.78 is 27.8. The molecule has 0 saturated carbocycles. The van der Waals surface area contributed by atoms with Crippen molar-refractivity contribution >= 4 is 21.6 Å². The lowest BCUT2D eigenvalue weighted by molar-refractivity contribution is 0.0951. The third-order valence-electron chi connectivity index (χ3n) is 4.12. The third-order valence-corrected chi connectivity index (χ3v) is 5.50. The van der Waals surface area contributed by atoms with Crippen molar-refractivity contribution in [2.45, 2.75) is 18.7 Å². The molecule has 2 aromatic carbocycles. The average molecular weight is 375 g/mol. The minimum absolute atomic E-state index is 0.114. The van der Waals surface area contributed by atoms with Crippen molar-refractivity contribution in [1.82, 2.24) is 10.2 Å². The van der Waals surface area contributed by atoms with Crippen LogP contribution in [-0.2, 0) is 10.0 Å². The van der Waals surface area contributed by atoms with Gasteiger partial charge >= 0.3 is 0 Å². The first-order valence-electron chi connectivity index (χ1n) is 8.33. The Labute approximate surface area is 155 Å². The third kappa shape index (κ3) is 5.06. The number of nitrogens with one attached hydrogen (secondary N) is 2. The van der Waals surface area contributed by atoms with E-state index in [2.05, 4.69) is 10.0 Å². The molecule has 7 heteroatoms. The molecule has 0 aliphatic heterocycles. The SMILES string of the molecule is Cc1cccc(NS(=O)(=O)c2ccc(C(=O)NCCN(C)C)cc2)c1C. The minimum Gasteiger partial charge on any atom is -0.351 e. The standard InChI is InChI=1S/C19H25N3O3S/c1-14-6-5-7-18(15(14)2)21-26(24,25)17-10-8-16(9-11-17)19(23)20-12-13-22(3)4/h5-11,21H,12-13H2,1-4H3,(H,20,23). The number of nitrogens with zero attached hydrogens (tertiary/aromatic N) is 1. The van der Waals surface area contributed by atoms with Gasteiger partial charge in [-0.1, -0.05) is 12.1 Å². The summed E-state index contributed by atoms with van der Waals surface area (Å²) in [6, 6.07) is 11.4. The number of hydrogen-bond donors (Lipinski definition) is 2. The lowest BCUT2D eigenvalue weighted by Gasteiger charge is -2.13. The first-order valence-corrected chi connectivity index (χ1v) is 9.81. The molecule has 0 fully saturated rings. The van der Waals surface area contributed by atoms with Gasteiger partial charge < -0.3 is 10.2 Å². The van der Waals surface area contributed by atoms with Crippen LogP contribution in [0.2, 0.25) is 0 Å². The molecule has 26 heavy (non-hydrogen) atoms. The zero-order valence-electron chi connectivity index (χ0n) is 15.5. The van der Waals surface area contributed by atoms with Gasteiger partial charge in [-0.3, -0.25) is 9.52 Å². The van der Waals surface area contributed by atoms with Gasteiger partial charge in [-0.2, -0.15) is 0 Å². The quantitative estimate of drug-likeness (QED) is 0.779. The fraction of sp³-hybridized carbons (Fsp3) is 0.316. The molecule has 0 saturated heterocycles. The minimum atomic E-state index is -3.71. The second kappa shape index (κ2) is 8.33. The van der Waals surface area contributed by atoms with Crippen LogP contribution in [0.4, 0.5) is 5.69 Å². The highest BCUT2D eigenvalue weighted by molar-refractivity contribution is 7.92. The molecule has 2 aromatic rings. The van der Waals surface area contributed by atoms with Gasteiger partial charge in [0.05, 0.1) is 10.6 Å². The van der Waals surface area contributed by atoms with Crippen LogP contribution in [0.5, 0.6) is 0 Å². The fourth-order valence-electron chi connectivity index (χ4n) is 2.35. The zero-order chi connectivity index (χ0) is 19.3. The van der Waals surface area contributed by atoms with Crippen LogP contribution in [0.3, 0.4) is 0 Å². The van der Waals surface area contributed by atoms with Crippen LogP contribution in [0.15, 0.2) is 47.4 Å². The molecule has 0 aromatic heterocycles. The van der Waals surface area contributed by atoms with E-state index in [0.717, 1.165) is 17.7 Å². The van der Waals surface area contributed by atoms with Gasteiger partial charge in [-0.05, 0) is 69.4 Å². The fourth-order valence-corrected chi connectivity index (χ4v) is 3.47. The molecular formula is C19H25N3O3S. The van der Waals surface area contributed by atoms with E-state index in [1.165, 1.54) is 24.3 Å². The van der Waals surface area contributed by atoms with Gasteiger partial charge in [0.25, 0.3) is 15.9 Å². The van der Waals surface area contributed by atoms with Crippen LogP contribution < -0.4 is 10.0 Å². The Kier molecular flexibility index (Phi) is 6.39. The Bertz CT molecular complexity index is 875. The predicted octanol–water partition coefficient (Wildman–Crippen LogP) is 2.40. The second-order valence-electron chi connectivity index (χ2n) is 6.44. The largest absolute Gasteiger partial charge is 0.351 e. The van der Waals surface area contributed by atoms with E-state index in [-0.39, 0.29) is 10.8 Å². The molecule has 0 bridgehead atoms. The number of rotatable bonds is 7. The van der Waals surface area contributed by atoms with Crippen molar-refractivity contribution in [2.24, 2.45) is 0 Å². The summed E-state index contributed by atoms with van der Waals surface area (Å²) in [6.45, 7) is 5.06. The smallest absolute Gasteiger partial charge is 0.261 e. The van der Waals surface area contributed by atoms with E-state index < -0.39 is 10.0 Å². The van der Waals surface area contributed by atoms with E-state index in [1.54, 1.807) is 12.1 Å². The molecule has 0 aliphatic carbocycles. The normalized spacial score (nSPS) is 11.4. The van der Waals surface area contributed by atoms with E-state index in [0.29, 0.717) is 17.8 Å². The lowest BCUT2D eigenvalue weighted by atomic mass is 10.1. The first kappa shape index (κ1) is 19.9. The summed E-state index contributed by atoms with van der Waals surface area (Å²) in [4.78, 5) is 14.1. The predicted molar refractivity (Wildman–Crippen MR) is 104 cm³/mol. The van der Waals surface area contributed by atoms with E-state index in [1.807, 2.05) is 38.9 Å². The highest BCUT2D eigenvalue weighted by atomic mass is 32.2. The molecule has 140 valence electrons. The van der Waals surface area contributed by atoms with Gasteiger partial charge in [-0.15, -0.1) is 0 Å². The number of likely N-dealkylation sites (N-methyl/N-ethyl adjacent to an activating group) is 1. The summed E-state index contributed by atoms with van der Waals surface area (Å²) in [7, 11) is 0.139.